The number of imidazole rings is 1. The fourth-order valence-corrected chi connectivity index (χ4v) is 5.86. The van der Waals surface area contributed by atoms with E-state index in [1.165, 1.54) is 5.69 Å². The standard InChI is InChI=1S/C27H33N7O/c1-4-21(28)25-20-15-33(27(35)19(20)13-24(31-25)32-12-6-7-16(32)2)23-9-5-8-22(30-23)26-29-14-18-11-10-17(3)34(18)26/h5,8-9,13-14,16-17,21H,4,6-7,10-12,15,28H2,1-3H3/t16-,17+,21-/m1/s1. The van der Waals surface area contributed by atoms with Crippen LogP contribution in [0.25, 0.3) is 11.5 Å². The van der Waals surface area contributed by atoms with Crippen molar-refractivity contribution in [2.75, 3.05) is 16.3 Å². The largest absolute Gasteiger partial charge is 0.354 e. The van der Waals surface area contributed by atoms with E-state index in [-0.39, 0.29) is 11.9 Å². The molecule has 0 unspecified atom stereocenters. The Bertz CT molecular complexity index is 1300. The summed E-state index contributed by atoms with van der Waals surface area (Å²) in [6, 6.07) is 8.42. The lowest BCUT2D eigenvalue weighted by Gasteiger charge is -2.25. The average Bonchev–Trinajstić information content (AvgIpc) is 3.64. The zero-order chi connectivity index (χ0) is 24.3. The van der Waals surface area contributed by atoms with Gasteiger partial charge < -0.3 is 15.2 Å². The van der Waals surface area contributed by atoms with Gasteiger partial charge in [0.2, 0.25) is 0 Å². The third-order valence-corrected chi connectivity index (χ3v) is 7.95. The molecule has 2 N–H and O–H groups in total. The Kier molecular flexibility index (Phi) is 5.36. The van der Waals surface area contributed by atoms with Crippen LogP contribution in [-0.4, -0.2) is 38.0 Å². The number of aromatic nitrogens is 4. The summed E-state index contributed by atoms with van der Waals surface area (Å²) in [7, 11) is 0. The molecule has 0 aliphatic carbocycles. The second kappa shape index (κ2) is 8.45. The van der Waals surface area contributed by atoms with Crippen LogP contribution in [0.3, 0.4) is 0 Å². The summed E-state index contributed by atoms with van der Waals surface area (Å²) in [4.78, 5) is 32.4. The van der Waals surface area contributed by atoms with Crippen LogP contribution in [0.4, 0.5) is 11.6 Å². The molecule has 3 aliphatic rings. The van der Waals surface area contributed by atoms with E-state index < -0.39 is 0 Å². The average molecular weight is 472 g/mol. The van der Waals surface area contributed by atoms with E-state index in [9.17, 15) is 4.79 Å². The smallest absolute Gasteiger partial charge is 0.260 e. The van der Waals surface area contributed by atoms with Crippen LogP contribution in [0, 0.1) is 0 Å². The maximum atomic E-state index is 13.7. The molecule has 0 radical (unpaired) electrons. The van der Waals surface area contributed by atoms with E-state index in [2.05, 4.69) is 35.2 Å². The molecule has 0 spiro atoms. The van der Waals surface area contributed by atoms with Gasteiger partial charge in [0.25, 0.3) is 5.91 Å². The van der Waals surface area contributed by atoms with Crippen molar-refractivity contribution in [1.82, 2.24) is 19.5 Å². The summed E-state index contributed by atoms with van der Waals surface area (Å²) in [5.74, 6) is 2.34. The minimum atomic E-state index is -0.206. The summed E-state index contributed by atoms with van der Waals surface area (Å²) in [5.41, 5.74) is 11.0. The van der Waals surface area contributed by atoms with Gasteiger partial charge in [-0.25, -0.2) is 15.0 Å². The Morgan fingerprint density at radius 2 is 2.00 bits per heavy atom. The van der Waals surface area contributed by atoms with E-state index >= 15 is 0 Å². The molecule has 35 heavy (non-hydrogen) atoms. The highest BCUT2D eigenvalue weighted by molar-refractivity contribution is 6.10. The Balaban J connectivity index is 1.38. The molecule has 3 aliphatic heterocycles. The topological polar surface area (TPSA) is 93.2 Å². The van der Waals surface area contributed by atoms with Crippen molar-refractivity contribution in [1.29, 1.82) is 0 Å². The van der Waals surface area contributed by atoms with E-state index in [1.54, 1.807) is 4.90 Å². The minimum Gasteiger partial charge on any atom is -0.354 e. The maximum absolute atomic E-state index is 13.7. The molecule has 1 fully saturated rings. The van der Waals surface area contributed by atoms with Gasteiger partial charge >= 0.3 is 0 Å². The molecule has 3 aromatic heterocycles. The fourth-order valence-electron chi connectivity index (χ4n) is 5.86. The van der Waals surface area contributed by atoms with Crippen LogP contribution in [0.1, 0.15) is 85.8 Å². The summed E-state index contributed by atoms with van der Waals surface area (Å²) in [5, 5.41) is 0. The quantitative estimate of drug-likeness (QED) is 0.593. The minimum absolute atomic E-state index is 0.0357. The van der Waals surface area contributed by atoms with Crippen LogP contribution in [0.2, 0.25) is 0 Å². The van der Waals surface area contributed by atoms with Crippen LogP contribution < -0.4 is 15.5 Å². The highest BCUT2D eigenvalue weighted by Gasteiger charge is 2.35. The Morgan fingerprint density at radius 3 is 2.77 bits per heavy atom. The summed E-state index contributed by atoms with van der Waals surface area (Å²) in [6.07, 6.45) is 7.16. The number of nitrogens with two attached hydrogens (primary N) is 1. The molecule has 6 heterocycles. The first-order chi connectivity index (χ1) is 17.0. The van der Waals surface area contributed by atoms with Crippen molar-refractivity contribution in [3.63, 3.8) is 0 Å². The van der Waals surface area contributed by atoms with Crippen molar-refractivity contribution in [3.05, 3.63) is 53.0 Å². The molecular weight excluding hydrogens is 438 g/mol. The fraction of sp³-hybridized carbons (Fsp3) is 0.481. The van der Waals surface area contributed by atoms with Gasteiger partial charge in [0.1, 0.15) is 17.3 Å². The number of hydrogen-bond acceptors (Lipinski definition) is 6. The second-order valence-electron chi connectivity index (χ2n) is 10.2. The van der Waals surface area contributed by atoms with Gasteiger partial charge in [0.05, 0.1) is 17.8 Å². The molecule has 0 saturated carbocycles. The summed E-state index contributed by atoms with van der Waals surface area (Å²) < 4.78 is 2.28. The molecule has 0 bridgehead atoms. The van der Waals surface area contributed by atoms with Gasteiger partial charge in [0.15, 0.2) is 5.82 Å². The number of rotatable bonds is 5. The Labute approximate surface area is 206 Å². The van der Waals surface area contributed by atoms with E-state index in [4.69, 9.17) is 15.7 Å². The molecule has 3 aromatic rings. The van der Waals surface area contributed by atoms with Gasteiger partial charge in [-0.05, 0) is 64.2 Å². The summed E-state index contributed by atoms with van der Waals surface area (Å²) >= 11 is 0. The lowest BCUT2D eigenvalue weighted by molar-refractivity contribution is 0.0996. The molecule has 3 atom stereocenters. The summed E-state index contributed by atoms with van der Waals surface area (Å²) in [6.45, 7) is 7.90. The van der Waals surface area contributed by atoms with E-state index in [0.717, 1.165) is 67.2 Å². The van der Waals surface area contributed by atoms with Gasteiger partial charge in [-0.3, -0.25) is 9.69 Å². The van der Waals surface area contributed by atoms with Gasteiger partial charge in [-0.15, -0.1) is 0 Å². The number of carbonyl (C=O) groups is 1. The number of anilines is 2. The zero-order valence-electron chi connectivity index (χ0n) is 20.7. The normalized spacial score (nSPS) is 22.1. The zero-order valence-corrected chi connectivity index (χ0v) is 20.7. The number of pyridine rings is 2. The highest BCUT2D eigenvalue weighted by Crippen LogP contribution is 2.37. The number of fused-ring (bicyclic) bond motifs is 2. The van der Waals surface area contributed by atoms with Crippen molar-refractivity contribution >= 4 is 17.5 Å². The molecule has 1 amide bonds. The number of hydrogen-bond donors (Lipinski definition) is 1. The third kappa shape index (κ3) is 3.54. The first-order valence-electron chi connectivity index (χ1n) is 12.9. The predicted molar refractivity (Wildman–Crippen MR) is 137 cm³/mol. The number of amides is 1. The monoisotopic (exact) mass is 471 g/mol. The SMILES string of the molecule is CC[C@@H](N)c1nc(N2CCC[C@H]2C)cc2c1CN(c1cccc(-c3ncc4n3[C@@H](C)CC4)n1)C2=O. The predicted octanol–water partition coefficient (Wildman–Crippen LogP) is 4.41. The van der Waals surface area contributed by atoms with E-state index in [0.29, 0.717) is 30.0 Å². The molecule has 0 aromatic carbocycles. The van der Waals surface area contributed by atoms with Crippen molar-refractivity contribution < 1.29 is 4.79 Å². The van der Waals surface area contributed by atoms with E-state index in [1.807, 2.05) is 30.5 Å². The molecule has 6 rings (SSSR count). The lowest BCUT2D eigenvalue weighted by Crippen LogP contribution is -2.28. The second-order valence-corrected chi connectivity index (χ2v) is 10.2. The van der Waals surface area contributed by atoms with Gasteiger partial charge in [0, 0.05) is 42.1 Å². The van der Waals surface area contributed by atoms with Crippen LogP contribution >= 0.6 is 0 Å². The molecule has 8 heteroatoms. The maximum Gasteiger partial charge on any atom is 0.260 e. The Hall–Kier alpha value is -3.26. The first-order valence-corrected chi connectivity index (χ1v) is 12.9. The highest BCUT2D eigenvalue weighted by atomic mass is 16.2. The number of aryl methyl sites for hydroxylation is 1. The van der Waals surface area contributed by atoms with Crippen LogP contribution in [0.15, 0.2) is 30.5 Å². The lowest BCUT2D eigenvalue weighted by atomic mass is 10.0. The molecular formula is C27H33N7O. The van der Waals surface area contributed by atoms with Crippen LogP contribution in [0.5, 0.6) is 0 Å². The number of carbonyl (C=O) groups excluding carboxylic acids is 1. The van der Waals surface area contributed by atoms with Gasteiger partial charge in [-0.2, -0.15) is 0 Å². The van der Waals surface area contributed by atoms with Gasteiger partial charge in [-0.1, -0.05) is 13.0 Å². The van der Waals surface area contributed by atoms with Crippen molar-refractivity contribution in [3.8, 4) is 11.5 Å². The number of nitrogens with zero attached hydrogens (tertiary/aromatic N) is 6. The third-order valence-electron chi connectivity index (χ3n) is 7.95. The van der Waals surface area contributed by atoms with Crippen LogP contribution in [-0.2, 0) is 13.0 Å². The Morgan fingerprint density at radius 1 is 1.14 bits per heavy atom. The molecule has 1 saturated heterocycles. The van der Waals surface area contributed by atoms with Crippen molar-refractivity contribution in [2.24, 2.45) is 5.73 Å². The molecule has 182 valence electrons. The van der Waals surface area contributed by atoms with Crippen molar-refractivity contribution in [2.45, 2.75) is 77.5 Å². The first kappa shape index (κ1) is 22.2. The molecule has 8 nitrogen and oxygen atoms in total.